The third-order valence-electron chi connectivity index (χ3n) is 2.41. The topological polar surface area (TPSA) is 101 Å². The van der Waals surface area contributed by atoms with E-state index < -0.39 is 5.91 Å². The summed E-state index contributed by atoms with van der Waals surface area (Å²) < 4.78 is 0. The second kappa shape index (κ2) is 5.79. The lowest BCUT2D eigenvalue weighted by Crippen LogP contribution is -2.18. The molecule has 1 amide bonds. The van der Waals surface area contributed by atoms with Crippen LogP contribution in [0.2, 0.25) is 5.02 Å². The Balaban J connectivity index is 2.26. The van der Waals surface area contributed by atoms with E-state index in [0.29, 0.717) is 5.82 Å². The van der Waals surface area contributed by atoms with Crippen molar-refractivity contribution in [3.05, 3.63) is 45.2 Å². The van der Waals surface area contributed by atoms with Crippen LogP contribution < -0.4 is 10.9 Å². The average Bonchev–Trinajstić information content (AvgIpc) is 2.41. The van der Waals surface area contributed by atoms with Crippen LogP contribution in [0.3, 0.4) is 0 Å². The maximum Gasteiger partial charge on any atom is 0.277 e. The number of aromatic nitrogens is 4. The molecule has 0 saturated carbocycles. The summed E-state index contributed by atoms with van der Waals surface area (Å²) in [7, 11) is 0. The van der Waals surface area contributed by atoms with Crippen molar-refractivity contribution in [2.75, 3.05) is 5.32 Å². The Morgan fingerprint density at radius 2 is 2.15 bits per heavy atom. The first-order valence-electron chi connectivity index (χ1n) is 5.87. The summed E-state index contributed by atoms with van der Waals surface area (Å²) in [5.41, 5.74) is -0.288. The maximum absolute atomic E-state index is 12.1. The summed E-state index contributed by atoms with van der Waals surface area (Å²) in [4.78, 5) is 31.1. The largest absolute Gasteiger partial charge is 0.304 e. The van der Waals surface area contributed by atoms with Crippen LogP contribution in [0.15, 0.2) is 23.1 Å². The van der Waals surface area contributed by atoms with Gasteiger partial charge in [0.1, 0.15) is 5.82 Å². The van der Waals surface area contributed by atoms with Crippen molar-refractivity contribution in [2.24, 2.45) is 0 Å². The van der Waals surface area contributed by atoms with E-state index in [0.717, 1.165) is 0 Å². The van der Waals surface area contributed by atoms with E-state index in [-0.39, 0.29) is 28.0 Å². The van der Waals surface area contributed by atoms with Gasteiger partial charge in [-0.25, -0.2) is 15.1 Å². The summed E-state index contributed by atoms with van der Waals surface area (Å²) in [5.74, 6) is 0.285. The van der Waals surface area contributed by atoms with Gasteiger partial charge in [0, 0.05) is 12.0 Å². The van der Waals surface area contributed by atoms with Crippen LogP contribution >= 0.6 is 11.6 Å². The molecule has 0 aliphatic heterocycles. The minimum absolute atomic E-state index is 0.0679. The van der Waals surface area contributed by atoms with Gasteiger partial charge in [-0.1, -0.05) is 25.4 Å². The van der Waals surface area contributed by atoms with Gasteiger partial charge in [-0.3, -0.25) is 9.59 Å². The van der Waals surface area contributed by atoms with Gasteiger partial charge in [-0.2, -0.15) is 5.10 Å². The highest BCUT2D eigenvalue weighted by atomic mass is 35.5. The standard InChI is InChI=1S/C12H12ClN5O2/c1-6(2)11-14-5-7(13)10(16-11)12(20)15-8-3-4-9(19)18-17-8/h3-6H,1-2H3,(H,18,19)(H,15,17,20). The lowest BCUT2D eigenvalue weighted by atomic mass is 10.2. The third kappa shape index (κ3) is 3.18. The summed E-state index contributed by atoms with van der Waals surface area (Å²) >= 11 is 5.92. The first kappa shape index (κ1) is 14.1. The van der Waals surface area contributed by atoms with E-state index in [1.807, 2.05) is 13.8 Å². The molecule has 0 fully saturated rings. The van der Waals surface area contributed by atoms with Gasteiger partial charge in [0.15, 0.2) is 11.5 Å². The molecule has 0 aliphatic carbocycles. The van der Waals surface area contributed by atoms with Gasteiger partial charge in [0.05, 0.1) is 11.2 Å². The molecule has 104 valence electrons. The molecule has 0 saturated heterocycles. The molecule has 8 heteroatoms. The number of nitrogens with zero attached hydrogens (tertiary/aromatic N) is 3. The number of carbonyl (C=O) groups is 1. The predicted molar refractivity (Wildman–Crippen MR) is 73.9 cm³/mol. The van der Waals surface area contributed by atoms with Crippen molar-refractivity contribution in [3.63, 3.8) is 0 Å². The fourth-order valence-electron chi connectivity index (χ4n) is 1.41. The van der Waals surface area contributed by atoms with E-state index in [4.69, 9.17) is 11.6 Å². The number of aromatic amines is 1. The Kier molecular flexibility index (Phi) is 4.09. The average molecular weight is 294 g/mol. The van der Waals surface area contributed by atoms with Gasteiger partial charge in [0.25, 0.3) is 11.5 Å². The summed E-state index contributed by atoms with van der Waals surface area (Å²) in [6, 6.07) is 2.64. The molecule has 0 unspecified atom stereocenters. The second-order valence-electron chi connectivity index (χ2n) is 4.34. The number of H-pyrrole nitrogens is 1. The maximum atomic E-state index is 12.1. The number of hydrogen-bond donors (Lipinski definition) is 2. The molecular weight excluding hydrogens is 282 g/mol. The number of anilines is 1. The summed E-state index contributed by atoms with van der Waals surface area (Å²) in [5, 5.41) is 8.54. The fraction of sp³-hybridized carbons (Fsp3) is 0.250. The smallest absolute Gasteiger partial charge is 0.277 e. The molecule has 0 bridgehead atoms. The molecule has 0 aromatic carbocycles. The fourth-order valence-corrected chi connectivity index (χ4v) is 1.58. The lowest BCUT2D eigenvalue weighted by molar-refractivity contribution is 0.102. The van der Waals surface area contributed by atoms with E-state index in [1.54, 1.807) is 0 Å². The third-order valence-corrected chi connectivity index (χ3v) is 2.69. The molecule has 20 heavy (non-hydrogen) atoms. The molecule has 2 aromatic heterocycles. The van der Waals surface area contributed by atoms with Crippen molar-refractivity contribution in [3.8, 4) is 0 Å². The number of nitrogens with one attached hydrogen (secondary N) is 2. The Morgan fingerprint density at radius 1 is 1.40 bits per heavy atom. The van der Waals surface area contributed by atoms with Crippen molar-refractivity contribution in [1.29, 1.82) is 0 Å². The molecule has 0 aliphatic rings. The molecule has 2 rings (SSSR count). The monoisotopic (exact) mass is 293 g/mol. The van der Waals surface area contributed by atoms with E-state index in [1.165, 1.54) is 18.3 Å². The van der Waals surface area contributed by atoms with Crippen molar-refractivity contribution in [1.82, 2.24) is 20.2 Å². The molecule has 0 spiro atoms. The molecular formula is C12H12ClN5O2. The minimum Gasteiger partial charge on any atom is -0.304 e. The van der Waals surface area contributed by atoms with Gasteiger partial charge in [0.2, 0.25) is 0 Å². The van der Waals surface area contributed by atoms with Crippen LogP contribution in [0, 0.1) is 0 Å². The van der Waals surface area contributed by atoms with Crippen molar-refractivity contribution >= 4 is 23.3 Å². The number of halogens is 1. The molecule has 0 radical (unpaired) electrons. The van der Waals surface area contributed by atoms with Gasteiger partial charge in [-0.05, 0) is 6.07 Å². The van der Waals surface area contributed by atoms with E-state index in [9.17, 15) is 9.59 Å². The predicted octanol–water partition coefficient (Wildman–Crippen LogP) is 1.59. The van der Waals surface area contributed by atoms with Crippen LogP contribution in [0.25, 0.3) is 0 Å². The number of carbonyl (C=O) groups excluding carboxylic acids is 1. The van der Waals surface area contributed by atoms with Gasteiger partial charge < -0.3 is 5.32 Å². The highest BCUT2D eigenvalue weighted by Crippen LogP contribution is 2.17. The van der Waals surface area contributed by atoms with Gasteiger partial charge >= 0.3 is 0 Å². The second-order valence-corrected chi connectivity index (χ2v) is 4.75. The Bertz CT molecular complexity index is 678. The van der Waals surface area contributed by atoms with E-state index >= 15 is 0 Å². The summed E-state index contributed by atoms with van der Waals surface area (Å²) in [6.45, 7) is 3.82. The number of amides is 1. The minimum atomic E-state index is -0.515. The lowest BCUT2D eigenvalue weighted by Gasteiger charge is -2.08. The van der Waals surface area contributed by atoms with E-state index in [2.05, 4.69) is 25.5 Å². The van der Waals surface area contributed by atoms with Crippen LogP contribution in [-0.2, 0) is 0 Å². The molecule has 2 aromatic rings. The number of hydrogen-bond acceptors (Lipinski definition) is 5. The Morgan fingerprint density at radius 3 is 2.75 bits per heavy atom. The Labute approximate surface area is 119 Å². The van der Waals surface area contributed by atoms with Gasteiger partial charge in [-0.15, -0.1) is 0 Å². The highest BCUT2D eigenvalue weighted by molar-refractivity contribution is 6.33. The zero-order chi connectivity index (χ0) is 14.7. The summed E-state index contributed by atoms with van der Waals surface area (Å²) in [6.07, 6.45) is 1.39. The van der Waals surface area contributed by atoms with Crippen LogP contribution in [0.1, 0.15) is 36.1 Å². The van der Waals surface area contributed by atoms with Crippen LogP contribution in [0.5, 0.6) is 0 Å². The normalized spacial score (nSPS) is 10.6. The first-order chi connectivity index (χ1) is 9.47. The quantitative estimate of drug-likeness (QED) is 0.895. The Hall–Kier alpha value is -2.28. The molecule has 0 atom stereocenters. The van der Waals surface area contributed by atoms with Crippen LogP contribution in [0.4, 0.5) is 5.82 Å². The van der Waals surface area contributed by atoms with Crippen molar-refractivity contribution in [2.45, 2.75) is 19.8 Å². The zero-order valence-corrected chi connectivity index (χ0v) is 11.6. The molecule has 2 N–H and O–H groups in total. The van der Waals surface area contributed by atoms with Crippen LogP contribution in [-0.4, -0.2) is 26.1 Å². The zero-order valence-electron chi connectivity index (χ0n) is 10.8. The molecule has 7 nitrogen and oxygen atoms in total. The number of rotatable bonds is 3. The SMILES string of the molecule is CC(C)c1ncc(Cl)c(C(=O)Nc2ccc(=O)[nH]n2)n1. The van der Waals surface area contributed by atoms with Crippen molar-refractivity contribution < 1.29 is 4.79 Å². The first-order valence-corrected chi connectivity index (χ1v) is 6.24. The molecule has 2 heterocycles. The highest BCUT2D eigenvalue weighted by Gasteiger charge is 2.16.